The van der Waals surface area contributed by atoms with E-state index >= 15 is 0 Å². The summed E-state index contributed by atoms with van der Waals surface area (Å²) >= 11 is 0. The van der Waals surface area contributed by atoms with Crippen LogP contribution < -0.4 is 18.9 Å². The summed E-state index contributed by atoms with van der Waals surface area (Å²) in [5.74, 6) is 2.82. The van der Waals surface area contributed by atoms with Gasteiger partial charge in [-0.15, -0.1) is 0 Å². The minimum absolute atomic E-state index is 0.0435. The summed E-state index contributed by atoms with van der Waals surface area (Å²) < 4.78 is 30.1. The number of rotatable bonds is 12. The Morgan fingerprint density at radius 3 is 2.08 bits per heavy atom. The molecule has 208 valence electrons. The van der Waals surface area contributed by atoms with Crippen molar-refractivity contribution in [3.63, 3.8) is 0 Å². The van der Waals surface area contributed by atoms with Gasteiger partial charge in [0, 0.05) is 17.2 Å². The quantitative estimate of drug-likeness (QED) is 0.228. The molecular weight excluding hydrogens is 490 g/mol. The predicted molar refractivity (Wildman–Crippen MR) is 156 cm³/mol. The van der Waals surface area contributed by atoms with Gasteiger partial charge in [0.15, 0.2) is 17.8 Å². The van der Waals surface area contributed by atoms with Crippen molar-refractivity contribution in [1.29, 1.82) is 0 Å². The molecule has 2 unspecified atom stereocenters. The minimum Gasteiger partial charge on any atom is -0.493 e. The van der Waals surface area contributed by atoms with Crippen molar-refractivity contribution in [2.24, 2.45) is 4.99 Å². The summed E-state index contributed by atoms with van der Waals surface area (Å²) in [4.78, 5) is 5.17. The molecule has 0 spiro atoms. The minimum atomic E-state index is -0.448. The highest BCUT2D eigenvalue weighted by Crippen LogP contribution is 2.37. The molecule has 6 heteroatoms. The molecule has 3 aromatic rings. The van der Waals surface area contributed by atoms with Crippen molar-refractivity contribution >= 4 is 5.71 Å². The van der Waals surface area contributed by atoms with Crippen molar-refractivity contribution in [2.75, 3.05) is 7.11 Å². The van der Waals surface area contributed by atoms with Gasteiger partial charge in [-0.1, -0.05) is 37.3 Å². The largest absolute Gasteiger partial charge is 0.493 e. The second-order valence-corrected chi connectivity index (χ2v) is 10.4. The second-order valence-electron chi connectivity index (χ2n) is 10.4. The fourth-order valence-electron chi connectivity index (χ4n) is 4.65. The van der Waals surface area contributed by atoms with Crippen LogP contribution in [-0.4, -0.2) is 37.4 Å². The van der Waals surface area contributed by atoms with E-state index in [4.69, 9.17) is 28.7 Å². The Bertz CT molecular complexity index is 1240. The molecule has 0 fully saturated rings. The van der Waals surface area contributed by atoms with E-state index in [9.17, 15) is 0 Å². The molecule has 0 saturated carbocycles. The molecular formula is C33H41NO5. The van der Waals surface area contributed by atoms with E-state index < -0.39 is 6.29 Å². The Kier molecular flexibility index (Phi) is 9.52. The molecule has 0 aliphatic carbocycles. The van der Waals surface area contributed by atoms with E-state index in [1.54, 1.807) is 7.11 Å². The molecule has 4 rings (SSSR count). The van der Waals surface area contributed by atoms with Gasteiger partial charge in [-0.3, -0.25) is 4.99 Å². The van der Waals surface area contributed by atoms with Crippen molar-refractivity contribution in [1.82, 2.24) is 0 Å². The standard InChI is InChI=1S/C33H41NO5/c1-8-27-14-25-17-32(39-23(6)36-20-24-12-10-9-11-13-24)31(35-7)19-30(25)33(34-27)26-15-28(37-21(2)3)18-29(16-26)38-22(4)5/h9-13,15-19,21-23,27H,8,14,20H2,1-7H3. The van der Waals surface area contributed by atoms with Crippen LogP contribution >= 0.6 is 0 Å². The molecule has 0 bridgehead atoms. The van der Waals surface area contributed by atoms with Crippen molar-refractivity contribution in [3.05, 3.63) is 82.9 Å². The Labute approximate surface area is 232 Å². The van der Waals surface area contributed by atoms with Gasteiger partial charge >= 0.3 is 0 Å². The molecule has 2 atom stereocenters. The summed E-state index contributed by atoms with van der Waals surface area (Å²) in [7, 11) is 1.66. The first kappa shape index (κ1) is 28.5. The van der Waals surface area contributed by atoms with Gasteiger partial charge in [0.25, 0.3) is 0 Å². The summed E-state index contributed by atoms with van der Waals surface area (Å²) in [5, 5.41) is 0. The molecule has 1 aliphatic rings. The Hall–Kier alpha value is -3.51. The van der Waals surface area contributed by atoms with Crippen molar-refractivity contribution in [3.8, 4) is 23.0 Å². The Morgan fingerprint density at radius 2 is 1.49 bits per heavy atom. The smallest absolute Gasteiger partial charge is 0.197 e. The lowest BCUT2D eigenvalue weighted by Crippen LogP contribution is -2.23. The lowest BCUT2D eigenvalue weighted by Gasteiger charge is -2.26. The first-order valence-electron chi connectivity index (χ1n) is 13.9. The van der Waals surface area contributed by atoms with E-state index in [-0.39, 0.29) is 18.2 Å². The van der Waals surface area contributed by atoms with Crippen LogP contribution in [0.25, 0.3) is 0 Å². The Morgan fingerprint density at radius 1 is 0.821 bits per heavy atom. The maximum Gasteiger partial charge on any atom is 0.197 e. The fraction of sp³-hybridized carbons (Fsp3) is 0.424. The zero-order chi connectivity index (χ0) is 27.9. The van der Waals surface area contributed by atoms with Crippen molar-refractivity contribution in [2.45, 2.75) is 85.5 Å². The van der Waals surface area contributed by atoms with E-state index in [2.05, 4.69) is 13.0 Å². The third-order valence-electron chi connectivity index (χ3n) is 6.40. The number of benzene rings is 3. The van der Waals surface area contributed by atoms with Gasteiger partial charge in [-0.25, -0.2) is 0 Å². The first-order valence-corrected chi connectivity index (χ1v) is 13.9. The predicted octanol–water partition coefficient (Wildman–Crippen LogP) is 7.38. The SMILES string of the molecule is CCC1Cc2cc(OC(C)OCc3ccccc3)c(OC)cc2C(c2cc(OC(C)C)cc(OC(C)C)c2)=N1. The molecule has 3 aromatic carbocycles. The molecule has 1 heterocycles. The fourth-order valence-corrected chi connectivity index (χ4v) is 4.65. The topological polar surface area (TPSA) is 58.5 Å². The van der Waals surface area contributed by atoms with E-state index in [0.29, 0.717) is 18.1 Å². The molecule has 0 N–H and O–H groups in total. The highest BCUT2D eigenvalue weighted by atomic mass is 16.7. The third kappa shape index (κ3) is 7.54. The summed E-state index contributed by atoms with van der Waals surface area (Å²) in [6, 6.07) is 20.4. The number of hydrogen-bond donors (Lipinski definition) is 0. The van der Waals surface area contributed by atoms with Gasteiger partial charge in [0.1, 0.15) is 11.5 Å². The van der Waals surface area contributed by atoms with Crippen LogP contribution in [0.4, 0.5) is 0 Å². The highest BCUT2D eigenvalue weighted by molar-refractivity contribution is 6.15. The number of ether oxygens (including phenoxy) is 5. The first-order chi connectivity index (χ1) is 18.7. The Balaban J connectivity index is 1.67. The second kappa shape index (κ2) is 13.0. The molecule has 6 nitrogen and oxygen atoms in total. The van der Waals surface area contributed by atoms with Gasteiger partial charge in [0.2, 0.25) is 0 Å². The van der Waals surface area contributed by atoms with Crippen LogP contribution in [-0.2, 0) is 17.8 Å². The van der Waals surface area contributed by atoms with E-state index in [1.165, 1.54) is 5.56 Å². The zero-order valence-corrected chi connectivity index (χ0v) is 24.2. The van der Waals surface area contributed by atoms with Crippen LogP contribution in [0.5, 0.6) is 23.0 Å². The van der Waals surface area contributed by atoms with Gasteiger partial charge in [-0.05, 0) is 82.9 Å². The number of hydrogen-bond acceptors (Lipinski definition) is 6. The third-order valence-corrected chi connectivity index (χ3v) is 6.40. The van der Waals surface area contributed by atoms with E-state index in [1.807, 2.05) is 89.2 Å². The number of methoxy groups -OCH3 is 1. The van der Waals surface area contributed by atoms with Gasteiger partial charge in [-0.2, -0.15) is 0 Å². The lowest BCUT2D eigenvalue weighted by molar-refractivity contribution is -0.0768. The summed E-state index contributed by atoms with van der Waals surface area (Å²) in [6.07, 6.45) is 1.40. The molecule has 0 radical (unpaired) electrons. The summed E-state index contributed by atoms with van der Waals surface area (Å²) in [5.41, 5.74) is 5.16. The monoisotopic (exact) mass is 531 g/mol. The van der Waals surface area contributed by atoms with Crippen LogP contribution in [0.1, 0.15) is 70.2 Å². The molecule has 39 heavy (non-hydrogen) atoms. The van der Waals surface area contributed by atoms with Crippen LogP contribution in [0.15, 0.2) is 65.7 Å². The molecule has 0 saturated heterocycles. The maximum atomic E-state index is 6.23. The van der Waals surface area contributed by atoms with E-state index in [0.717, 1.165) is 46.7 Å². The van der Waals surface area contributed by atoms with Crippen molar-refractivity contribution < 1.29 is 23.7 Å². The lowest BCUT2D eigenvalue weighted by atomic mass is 9.89. The molecule has 0 amide bonds. The number of aliphatic imine (C=N–C) groups is 1. The van der Waals surface area contributed by atoms with Crippen LogP contribution in [0.2, 0.25) is 0 Å². The average molecular weight is 532 g/mol. The number of fused-ring (bicyclic) bond motifs is 1. The average Bonchev–Trinajstić information content (AvgIpc) is 2.90. The normalized spacial score (nSPS) is 15.5. The van der Waals surface area contributed by atoms with Crippen LogP contribution in [0, 0.1) is 0 Å². The molecule has 1 aliphatic heterocycles. The molecule has 0 aromatic heterocycles. The maximum absolute atomic E-state index is 6.23. The highest BCUT2D eigenvalue weighted by Gasteiger charge is 2.26. The van der Waals surface area contributed by atoms with Gasteiger partial charge in [0.05, 0.1) is 37.7 Å². The number of nitrogens with zero attached hydrogens (tertiary/aromatic N) is 1. The van der Waals surface area contributed by atoms with Crippen LogP contribution in [0.3, 0.4) is 0 Å². The summed E-state index contributed by atoms with van der Waals surface area (Å²) in [6.45, 7) is 12.6. The zero-order valence-electron chi connectivity index (χ0n) is 24.2. The van der Waals surface area contributed by atoms with Gasteiger partial charge < -0.3 is 23.7 Å².